The van der Waals surface area contributed by atoms with E-state index in [1.54, 1.807) is 0 Å². The van der Waals surface area contributed by atoms with Gasteiger partial charge in [-0.2, -0.15) is 11.8 Å². The molecular weight excluding hydrogens is 260 g/mol. The van der Waals surface area contributed by atoms with Crippen molar-refractivity contribution in [3.8, 4) is 0 Å². The molecule has 0 aromatic carbocycles. The summed E-state index contributed by atoms with van der Waals surface area (Å²) in [5.74, 6) is -2.35. The molecule has 7 heteroatoms. The Morgan fingerprint density at radius 2 is 2.00 bits per heavy atom. The number of carbonyl (C=O) groups excluding carboxylic acids is 1. The predicted octanol–water partition coefficient (Wildman–Crippen LogP) is 0.772. The highest BCUT2D eigenvalue weighted by Gasteiger charge is 2.26. The van der Waals surface area contributed by atoms with Gasteiger partial charge < -0.3 is 16.0 Å². The highest BCUT2D eigenvalue weighted by Crippen LogP contribution is 2.09. The highest BCUT2D eigenvalue weighted by atomic mass is 32.2. The minimum absolute atomic E-state index is 0.210. The van der Waals surface area contributed by atoms with Gasteiger partial charge in [0.1, 0.15) is 0 Å². The zero-order chi connectivity index (χ0) is 14.0. The predicted molar refractivity (Wildman–Crippen MR) is 72.1 cm³/mol. The largest absolute Gasteiger partial charge is 0.349 e. The number of hydrogen-bond acceptors (Lipinski definition) is 4. The van der Waals surface area contributed by atoms with Crippen LogP contribution in [0, 0.1) is 0 Å². The van der Waals surface area contributed by atoms with Crippen molar-refractivity contribution >= 4 is 17.7 Å². The Morgan fingerprint density at radius 3 is 2.50 bits per heavy atom. The van der Waals surface area contributed by atoms with Gasteiger partial charge in [0.05, 0.1) is 18.8 Å². The molecule has 0 saturated carbocycles. The smallest absolute Gasteiger partial charge is 0.277 e. The van der Waals surface area contributed by atoms with Crippen molar-refractivity contribution in [3.05, 3.63) is 0 Å². The number of rotatable bonds is 10. The third kappa shape index (κ3) is 8.66. The van der Waals surface area contributed by atoms with Crippen LogP contribution in [-0.2, 0) is 4.79 Å². The molecule has 0 bridgehead atoms. The molecule has 18 heavy (non-hydrogen) atoms. The summed E-state index contributed by atoms with van der Waals surface area (Å²) in [6.07, 6.45) is 0. The maximum atomic E-state index is 12.7. The number of alkyl halides is 2. The van der Waals surface area contributed by atoms with Crippen molar-refractivity contribution < 1.29 is 13.6 Å². The van der Waals surface area contributed by atoms with E-state index in [-0.39, 0.29) is 11.7 Å². The van der Waals surface area contributed by atoms with Crippen molar-refractivity contribution in [2.45, 2.75) is 19.8 Å². The molecule has 4 nitrogen and oxygen atoms in total. The number of carbonyl (C=O) groups is 1. The van der Waals surface area contributed by atoms with E-state index >= 15 is 0 Å². The molecule has 0 rings (SSSR count). The summed E-state index contributed by atoms with van der Waals surface area (Å²) in [5, 5.41) is 2.19. The van der Waals surface area contributed by atoms with Crippen LogP contribution in [-0.4, -0.2) is 61.0 Å². The van der Waals surface area contributed by atoms with E-state index in [4.69, 9.17) is 5.73 Å². The van der Waals surface area contributed by atoms with Crippen LogP contribution < -0.4 is 11.1 Å². The molecule has 0 saturated heterocycles. The fourth-order valence-electron chi connectivity index (χ4n) is 1.25. The van der Waals surface area contributed by atoms with E-state index < -0.39 is 19.0 Å². The normalized spacial score (nSPS) is 11.9. The summed E-state index contributed by atoms with van der Waals surface area (Å²) in [6.45, 7) is 5.59. The minimum atomic E-state index is -3.01. The molecule has 0 atom stereocenters. The van der Waals surface area contributed by atoms with Gasteiger partial charge in [-0.05, 0) is 13.1 Å². The van der Waals surface area contributed by atoms with Crippen molar-refractivity contribution in [2.75, 3.05) is 44.2 Å². The number of amides is 1. The Hall–Kier alpha value is -0.400. The van der Waals surface area contributed by atoms with Gasteiger partial charge in [0.2, 0.25) is 5.91 Å². The molecule has 0 aliphatic rings. The first kappa shape index (κ1) is 17.6. The summed E-state index contributed by atoms with van der Waals surface area (Å²) in [5.41, 5.74) is 4.87. The van der Waals surface area contributed by atoms with Gasteiger partial charge >= 0.3 is 0 Å². The van der Waals surface area contributed by atoms with E-state index in [0.717, 1.165) is 25.4 Å². The second kappa shape index (κ2) is 9.52. The van der Waals surface area contributed by atoms with E-state index in [0.29, 0.717) is 0 Å². The third-order valence-corrected chi connectivity index (χ3v) is 3.46. The molecule has 0 unspecified atom stereocenters. The van der Waals surface area contributed by atoms with E-state index in [1.165, 1.54) is 11.8 Å². The molecule has 0 heterocycles. The number of halogens is 2. The molecule has 0 fully saturated rings. The first-order valence-corrected chi connectivity index (χ1v) is 7.25. The highest BCUT2D eigenvalue weighted by molar-refractivity contribution is 7.99. The topological polar surface area (TPSA) is 58.4 Å². The van der Waals surface area contributed by atoms with Crippen molar-refractivity contribution in [1.82, 2.24) is 10.2 Å². The maximum absolute atomic E-state index is 12.7. The van der Waals surface area contributed by atoms with Crippen LogP contribution in [0.25, 0.3) is 0 Å². The molecular formula is C11H23F2N3OS. The number of nitrogens with zero attached hydrogens (tertiary/aromatic N) is 1. The summed E-state index contributed by atoms with van der Waals surface area (Å²) in [6, 6.07) is 0. The Kier molecular flexibility index (Phi) is 9.31. The number of hydrogen-bond donors (Lipinski definition) is 2. The van der Waals surface area contributed by atoms with Gasteiger partial charge in [0.25, 0.3) is 5.92 Å². The zero-order valence-corrected chi connectivity index (χ0v) is 11.9. The zero-order valence-electron chi connectivity index (χ0n) is 11.0. The van der Waals surface area contributed by atoms with Crippen LogP contribution in [0.1, 0.15) is 13.8 Å². The van der Waals surface area contributed by atoms with Gasteiger partial charge in [0.15, 0.2) is 0 Å². The lowest BCUT2D eigenvalue weighted by Gasteiger charge is -2.17. The van der Waals surface area contributed by atoms with E-state index in [9.17, 15) is 13.6 Å². The fourth-order valence-corrected chi connectivity index (χ4v) is 2.07. The lowest BCUT2D eigenvalue weighted by Crippen LogP contribution is -2.42. The van der Waals surface area contributed by atoms with Gasteiger partial charge in [-0.15, -0.1) is 0 Å². The Labute approximate surface area is 112 Å². The van der Waals surface area contributed by atoms with Crippen LogP contribution in [0.15, 0.2) is 0 Å². The van der Waals surface area contributed by atoms with Crippen LogP contribution in [0.3, 0.4) is 0 Å². The summed E-state index contributed by atoms with van der Waals surface area (Å²) < 4.78 is 25.5. The van der Waals surface area contributed by atoms with E-state index in [2.05, 4.69) is 24.1 Å². The molecule has 0 aromatic heterocycles. The van der Waals surface area contributed by atoms with Crippen LogP contribution in [0.5, 0.6) is 0 Å². The second-order valence-corrected chi connectivity index (χ2v) is 5.02. The Bertz CT molecular complexity index is 238. The molecule has 0 spiro atoms. The molecule has 0 radical (unpaired) electrons. The molecule has 0 aromatic rings. The first-order valence-electron chi connectivity index (χ1n) is 6.09. The molecule has 3 N–H and O–H groups in total. The molecule has 108 valence electrons. The SMILES string of the molecule is CCN(CC)CCSCC(=O)NCC(F)(F)CN. The average Bonchev–Trinajstić information content (AvgIpc) is 2.37. The summed E-state index contributed by atoms with van der Waals surface area (Å²) in [4.78, 5) is 13.5. The van der Waals surface area contributed by atoms with Crippen molar-refractivity contribution in [3.63, 3.8) is 0 Å². The van der Waals surface area contributed by atoms with Crippen LogP contribution in [0.4, 0.5) is 8.78 Å². The lowest BCUT2D eigenvalue weighted by atomic mass is 10.3. The summed E-state index contributed by atoms with van der Waals surface area (Å²) >= 11 is 1.45. The van der Waals surface area contributed by atoms with Gasteiger partial charge in [0, 0.05) is 12.3 Å². The van der Waals surface area contributed by atoms with Gasteiger partial charge in [-0.1, -0.05) is 13.8 Å². The molecule has 1 amide bonds. The average molecular weight is 283 g/mol. The fraction of sp³-hybridized carbons (Fsp3) is 0.909. The lowest BCUT2D eigenvalue weighted by molar-refractivity contribution is -0.120. The first-order chi connectivity index (χ1) is 8.45. The van der Waals surface area contributed by atoms with Crippen molar-refractivity contribution in [1.29, 1.82) is 0 Å². The van der Waals surface area contributed by atoms with E-state index in [1.807, 2.05) is 0 Å². The van der Waals surface area contributed by atoms with Gasteiger partial charge in [-0.25, -0.2) is 8.78 Å². The monoisotopic (exact) mass is 283 g/mol. The standard InChI is InChI=1S/C11H23F2N3OS/c1-3-16(4-2)5-6-18-7-10(17)15-9-11(12,13)8-14/h3-9,14H2,1-2H3,(H,15,17). The maximum Gasteiger partial charge on any atom is 0.277 e. The summed E-state index contributed by atoms with van der Waals surface area (Å²) in [7, 11) is 0. The van der Waals surface area contributed by atoms with Crippen LogP contribution >= 0.6 is 11.8 Å². The second-order valence-electron chi connectivity index (χ2n) is 3.92. The van der Waals surface area contributed by atoms with Crippen LogP contribution in [0.2, 0.25) is 0 Å². The third-order valence-electron chi connectivity index (χ3n) is 2.52. The molecule has 0 aliphatic heterocycles. The minimum Gasteiger partial charge on any atom is -0.349 e. The Morgan fingerprint density at radius 1 is 1.39 bits per heavy atom. The number of nitrogens with two attached hydrogens (primary N) is 1. The quantitative estimate of drug-likeness (QED) is 0.582. The van der Waals surface area contributed by atoms with Crippen molar-refractivity contribution in [2.24, 2.45) is 5.73 Å². The number of nitrogens with one attached hydrogen (secondary N) is 1. The van der Waals surface area contributed by atoms with Gasteiger partial charge in [-0.3, -0.25) is 4.79 Å². The molecule has 0 aliphatic carbocycles. The number of thioether (sulfide) groups is 1. The Balaban J connectivity index is 3.60.